The summed E-state index contributed by atoms with van der Waals surface area (Å²) in [6, 6.07) is 0.491. The van der Waals surface area contributed by atoms with Crippen molar-refractivity contribution in [2.45, 2.75) is 18.9 Å². The number of aromatic nitrogens is 3. The van der Waals surface area contributed by atoms with Crippen molar-refractivity contribution in [3.8, 4) is 0 Å². The van der Waals surface area contributed by atoms with Crippen molar-refractivity contribution >= 4 is 5.65 Å². The Morgan fingerprint density at radius 1 is 1.47 bits per heavy atom. The SMILES string of the molecule is CN1CCCC1c1cn2ccncc2n1. The summed E-state index contributed by atoms with van der Waals surface area (Å²) >= 11 is 0. The molecule has 4 heteroatoms. The fourth-order valence-corrected chi connectivity index (χ4v) is 2.31. The highest BCUT2D eigenvalue weighted by molar-refractivity contribution is 5.37. The number of imidazole rings is 1. The molecule has 78 valence electrons. The van der Waals surface area contributed by atoms with Gasteiger partial charge in [0, 0.05) is 18.6 Å². The maximum atomic E-state index is 4.60. The fourth-order valence-electron chi connectivity index (χ4n) is 2.31. The van der Waals surface area contributed by atoms with Gasteiger partial charge in [0.2, 0.25) is 0 Å². The molecule has 0 spiro atoms. The number of nitrogens with zero attached hydrogens (tertiary/aromatic N) is 4. The van der Waals surface area contributed by atoms with Crippen LogP contribution in [0.15, 0.2) is 24.8 Å². The highest BCUT2D eigenvalue weighted by atomic mass is 15.2. The van der Waals surface area contributed by atoms with Gasteiger partial charge < -0.3 is 4.40 Å². The van der Waals surface area contributed by atoms with Crippen LogP contribution in [-0.2, 0) is 0 Å². The van der Waals surface area contributed by atoms with Gasteiger partial charge >= 0.3 is 0 Å². The molecule has 1 atom stereocenters. The Morgan fingerprint density at radius 2 is 2.40 bits per heavy atom. The second-order valence-corrected chi connectivity index (χ2v) is 4.15. The van der Waals surface area contributed by atoms with Crippen molar-refractivity contribution in [1.29, 1.82) is 0 Å². The van der Waals surface area contributed by atoms with Crippen LogP contribution in [0.5, 0.6) is 0 Å². The van der Waals surface area contributed by atoms with Crippen LogP contribution in [0.3, 0.4) is 0 Å². The summed E-state index contributed by atoms with van der Waals surface area (Å²) in [6.07, 6.45) is 10.1. The fraction of sp³-hybridized carbons (Fsp3) is 0.455. The molecule has 3 heterocycles. The smallest absolute Gasteiger partial charge is 0.155 e. The Balaban J connectivity index is 2.04. The van der Waals surface area contributed by atoms with E-state index in [0.717, 1.165) is 5.65 Å². The molecule has 1 aliphatic rings. The lowest BCUT2D eigenvalue weighted by Gasteiger charge is -2.16. The molecule has 15 heavy (non-hydrogen) atoms. The minimum Gasteiger partial charge on any atom is -0.304 e. The zero-order valence-electron chi connectivity index (χ0n) is 8.80. The molecular weight excluding hydrogens is 188 g/mol. The van der Waals surface area contributed by atoms with Crippen LogP contribution in [0, 0.1) is 0 Å². The number of likely N-dealkylation sites (tertiary alicyclic amines) is 1. The molecule has 3 rings (SSSR count). The largest absolute Gasteiger partial charge is 0.304 e. The van der Waals surface area contributed by atoms with E-state index in [9.17, 15) is 0 Å². The lowest BCUT2D eigenvalue weighted by atomic mass is 10.2. The standard InChI is InChI=1S/C11H14N4/c1-14-5-2-3-10(14)9-8-15-6-4-12-7-11(15)13-9/h4,6-8,10H,2-3,5H2,1H3. The minimum absolute atomic E-state index is 0.491. The Bertz CT molecular complexity index is 443. The number of rotatable bonds is 1. The Labute approximate surface area is 88.6 Å². The minimum atomic E-state index is 0.491. The highest BCUT2D eigenvalue weighted by Gasteiger charge is 2.24. The van der Waals surface area contributed by atoms with E-state index in [1.807, 2.05) is 10.6 Å². The van der Waals surface area contributed by atoms with E-state index in [-0.39, 0.29) is 0 Å². The first-order chi connectivity index (χ1) is 7.34. The zero-order valence-corrected chi connectivity index (χ0v) is 8.80. The Morgan fingerprint density at radius 3 is 3.13 bits per heavy atom. The highest BCUT2D eigenvalue weighted by Crippen LogP contribution is 2.29. The maximum absolute atomic E-state index is 4.60. The van der Waals surface area contributed by atoms with Crippen molar-refractivity contribution in [1.82, 2.24) is 19.3 Å². The molecule has 0 N–H and O–H groups in total. The van der Waals surface area contributed by atoms with Gasteiger partial charge in [0.15, 0.2) is 5.65 Å². The quantitative estimate of drug-likeness (QED) is 0.702. The summed E-state index contributed by atoms with van der Waals surface area (Å²) in [7, 11) is 2.17. The topological polar surface area (TPSA) is 33.4 Å². The summed E-state index contributed by atoms with van der Waals surface area (Å²) in [4.78, 5) is 11.0. The number of hydrogen-bond acceptors (Lipinski definition) is 3. The first kappa shape index (κ1) is 8.85. The molecule has 0 amide bonds. The van der Waals surface area contributed by atoms with E-state index in [1.54, 1.807) is 12.4 Å². The van der Waals surface area contributed by atoms with Gasteiger partial charge in [-0.1, -0.05) is 0 Å². The average molecular weight is 202 g/mol. The third-order valence-corrected chi connectivity index (χ3v) is 3.14. The molecule has 0 saturated carbocycles. The van der Waals surface area contributed by atoms with E-state index in [1.165, 1.54) is 25.1 Å². The van der Waals surface area contributed by atoms with Crippen LogP contribution in [0.4, 0.5) is 0 Å². The summed E-state index contributed by atoms with van der Waals surface area (Å²) in [6.45, 7) is 1.18. The second-order valence-electron chi connectivity index (χ2n) is 4.15. The molecule has 2 aromatic rings. The van der Waals surface area contributed by atoms with E-state index < -0.39 is 0 Å². The van der Waals surface area contributed by atoms with Crippen LogP contribution in [0.1, 0.15) is 24.6 Å². The third kappa shape index (κ3) is 1.41. The lowest BCUT2D eigenvalue weighted by molar-refractivity contribution is 0.313. The lowest BCUT2D eigenvalue weighted by Crippen LogP contribution is -2.17. The first-order valence-corrected chi connectivity index (χ1v) is 5.33. The average Bonchev–Trinajstić information content (AvgIpc) is 2.82. The van der Waals surface area contributed by atoms with Gasteiger partial charge in [0.05, 0.1) is 17.9 Å². The molecule has 4 nitrogen and oxygen atoms in total. The van der Waals surface area contributed by atoms with Crippen molar-refractivity contribution in [3.05, 3.63) is 30.5 Å². The van der Waals surface area contributed by atoms with Crippen molar-refractivity contribution in [2.24, 2.45) is 0 Å². The predicted octanol–water partition coefficient (Wildman–Crippen LogP) is 1.50. The zero-order chi connectivity index (χ0) is 10.3. The van der Waals surface area contributed by atoms with Crippen molar-refractivity contribution in [2.75, 3.05) is 13.6 Å². The molecule has 1 aliphatic heterocycles. The molecule has 1 unspecified atom stereocenters. The van der Waals surface area contributed by atoms with Crippen LogP contribution < -0.4 is 0 Å². The number of fused-ring (bicyclic) bond motifs is 1. The van der Waals surface area contributed by atoms with Crippen LogP contribution in [0.25, 0.3) is 5.65 Å². The third-order valence-electron chi connectivity index (χ3n) is 3.14. The first-order valence-electron chi connectivity index (χ1n) is 5.33. The normalized spacial score (nSPS) is 22.6. The van der Waals surface area contributed by atoms with Crippen molar-refractivity contribution < 1.29 is 0 Å². The molecule has 1 fully saturated rings. The molecule has 0 aliphatic carbocycles. The monoisotopic (exact) mass is 202 g/mol. The summed E-state index contributed by atoms with van der Waals surface area (Å²) in [5.41, 5.74) is 2.11. The van der Waals surface area contributed by atoms with Crippen LogP contribution in [-0.4, -0.2) is 32.9 Å². The molecule has 2 aromatic heterocycles. The van der Waals surface area contributed by atoms with E-state index in [4.69, 9.17) is 0 Å². The van der Waals surface area contributed by atoms with Crippen LogP contribution in [0.2, 0.25) is 0 Å². The van der Waals surface area contributed by atoms with E-state index >= 15 is 0 Å². The number of hydrogen-bond donors (Lipinski definition) is 0. The molecule has 1 saturated heterocycles. The summed E-state index contributed by atoms with van der Waals surface area (Å²) in [5, 5.41) is 0. The maximum Gasteiger partial charge on any atom is 0.155 e. The van der Waals surface area contributed by atoms with Crippen molar-refractivity contribution in [3.63, 3.8) is 0 Å². The Kier molecular flexibility index (Phi) is 1.95. The van der Waals surface area contributed by atoms with E-state index in [0.29, 0.717) is 6.04 Å². The van der Waals surface area contributed by atoms with Gasteiger partial charge in [-0.3, -0.25) is 9.88 Å². The molecule has 0 aromatic carbocycles. The van der Waals surface area contributed by atoms with Gasteiger partial charge in [-0.15, -0.1) is 0 Å². The Hall–Kier alpha value is -1.42. The predicted molar refractivity (Wildman–Crippen MR) is 57.6 cm³/mol. The van der Waals surface area contributed by atoms with Crippen LogP contribution >= 0.6 is 0 Å². The van der Waals surface area contributed by atoms with Gasteiger partial charge in [-0.2, -0.15) is 0 Å². The summed E-state index contributed by atoms with van der Waals surface area (Å²) < 4.78 is 2.04. The van der Waals surface area contributed by atoms with E-state index in [2.05, 4.69) is 28.1 Å². The summed E-state index contributed by atoms with van der Waals surface area (Å²) in [5.74, 6) is 0. The van der Waals surface area contributed by atoms with Gasteiger partial charge in [-0.05, 0) is 26.4 Å². The van der Waals surface area contributed by atoms with Gasteiger partial charge in [0.25, 0.3) is 0 Å². The molecule has 0 radical (unpaired) electrons. The van der Waals surface area contributed by atoms with Gasteiger partial charge in [-0.25, -0.2) is 4.98 Å². The molecule has 0 bridgehead atoms. The van der Waals surface area contributed by atoms with Gasteiger partial charge in [0.1, 0.15) is 0 Å². The molecular formula is C11H14N4. The second kappa shape index (κ2) is 3.31.